The molecule has 0 aliphatic heterocycles. The monoisotopic (exact) mass is 294 g/mol. The molecule has 0 radical (unpaired) electrons. The zero-order valence-electron chi connectivity index (χ0n) is 11.6. The van der Waals surface area contributed by atoms with E-state index in [-0.39, 0.29) is 12.5 Å². The molecule has 0 aromatic heterocycles. The van der Waals surface area contributed by atoms with Crippen LogP contribution >= 0.6 is 11.8 Å². The van der Waals surface area contributed by atoms with Crippen molar-refractivity contribution in [2.75, 3.05) is 38.5 Å². The van der Waals surface area contributed by atoms with E-state index in [1.54, 1.807) is 17.8 Å². The Morgan fingerprint density at radius 3 is 2.80 bits per heavy atom. The Morgan fingerprint density at radius 2 is 2.15 bits per heavy atom. The van der Waals surface area contributed by atoms with E-state index in [4.69, 9.17) is 5.11 Å². The predicted molar refractivity (Wildman–Crippen MR) is 83.9 cm³/mol. The fraction of sp³-hybridized carbons (Fsp3) is 0.400. The number of aliphatic hydroxyl groups is 1. The number of thioether (sulfide) groups is 1. The van der Waals surface area contributed by atoms with Gasteiger partial charge in [-0.15, -0.1) is 18.3 Å². The van der Waals surface area contributed by atoms with Gasteiger partial charge in [0.1, 0.15) is 0 Å². The number of rotatable bonds is 10. The first-order chi connectivity index (χ1) is 9.76. The quantitative estimate of drug-likeness (QED) is 0.389. The van der Waals surface area contributed by atoms with E-state index >= 15 is 0 Å². The molecule has 0 aliphatic carbocycles. The highest BCUT2D eigenvalue weighted by Gasteiger charge is 2.08. The highest BCUT2D eigenvalue weighted by molar-refractivity contribution is 7.99. The van der Waals surface area contributed by atoms with Crippen molar-refractivity contribution in [3.05, 3.63) is 43.0 Å². The molecule has 0 spiro atoms. The number of nitrogens with zero attached hydrogens (tertiary/aromatic N) is 1. The van der Waals surface area contributed by atoms with Gasteiger partial charge in [0.25, 0.3) is 0 Å². The lowest BCUT2D eigenvalue weighted by atomic mass is 10.4. The van der Waals surface area contributed by atoms with Crippen LogP contribution in [0, 0.1) is 0 Å². The zero-order valence-corrected chi connectivity index (χ0v) is 12.4. The normalized spacial score (nSPS) is 10.5. The van der Waals surface area contributed by atoms with Gasteiger partial charge >= 0.3 is 0 Å². The molecular formula is C15H22N2O2S. The number of carbonyl (C=O) groups is 1. The highest BCUT2D eigenvalue weighted by Crippen LogP contribution is 2.15. The average molecular weight is 294 g/mol. The second-order valence-electron chi connectivity index (χ2n) is 4.26. The van der Waals surface area contributed by atoms with Crippen molar-refractivity contribution < 1.29 is 9.90 Å². The van der Waals surface area contributed by atoms with Gasteiger partial charge in [0.2, 0.25) is 5.91 Å². The first-order valence-corrected chi connectivity index (χ1v) is 7.63. The Bertz CT molecular complexity index is 398. The van der Waals surface area contributed by atoms with E-state index in [2.05, 4.69) is 24.0 Å². The van der Waals surface area contributed by atoms with Crippen molar-refractivity contribution in [1.29, 1.82) is 0 Å². The minimum absolute atomic E-state index is 0.0195. The second-order valence-corrected chi connectivity index (χ2v) is 5.43. The fourth-order valence-electron chi connectivity index (χ4n) is 1.69. The number of amides is 1. The molecular weight excluding hydrogens is 272 g/mol. The van der Waals surface area contributed by atoms with Crippen LogP contribution in [0.15, 0.2) is 47.9 Å². The minimum atomic E-state index is -0.0195. The number of hydrogen-bond acceptors (Lipinski definition) is 4. The summed E-state index contributed by atoms with van der Waals surface area (Å²) in [6.07, 6.45) is 1.73. The van der Waals surface area contributed by atoms with Crippen LogP contribution < -0.4 is 5.32 Å². The van der Waals surface area contributed by atoms with Gasteiger partial charge in [0.05, 0.1) is 13.2 Å². The maximum atomic E-state index is 11.7. The highest BCUT2D eigenvalue weighted by atomic mass is 32.2. The average Bonchev–Trinajstić information content (AvgIpc) is 2.45. The van der Waals surface area contributed by atoms with Gasteiger partial charge in [0.15, 0.2) is 0 Å². The van der Waals surface area contributed by atoms with Crippen LogP contribution in [0.2, 0.25) is 0 Å². The van der Waals surface area contributed by atoms with Crippen LogP contribution in [-0.2, 0) is 4.79 Å². The van der Waals surface area contributed by atoms with Gasteiger partial charge < -0.3 is 10.4 Å². The molecule has 5 heteroatoms. The summed E-state index contributed by atoms with van der Waals surface area (Å²) in [5, 5.41) is 11.8. The van der Waals surface area contributed by atoms with E-state index in [0.717, 1.165) is 5.75 Å². The van der Waals surface area contributed by atoms with Crippen LogP contribution in [0.3, 0.4) is 0 Å². The van der Waals surface area contributed by atoms with Crippen molar-refractivity contribution in [1.82, 2.24) is 10.2 Å². The molecule has 1 aromatic rings. The molecule has 1 amide bonds. The summed E-state index contributed by atoms with van der Waals surface area (Å²) < 4.78 is 0. The van der Waals surface area contributed by atoms with Crippen LogP contribution in [0.5, 0.6) is 0 Å². The Hall–Kier alpha value is -1.30. The molecule has 0 fully saturated rings. The molecule has 0 saturated heterocycles. The van der Waals surface area contributed by atoms with Crippen molar-refractivity contribution in [2.45, 2.75) is 4.90 Å². The molecule has 0 aliphatic rings. The molecule has 0 heterocycles. The first-order valence-electron chi connectivity index (χ1n) is 6.65. The molecule has 0 saturated carbocycles. The summed E-state index contributed by atoms with van der Waals surface area (Å²) in [6.45, 7) is 5.71. The third-order valence-corrected chi connectivity index (χ3v) is 3.62. The lowest BCUT2D eigenvalue weighted by Crippen LogP contribution is -2.39. The van der Waals surface area contributed by atoms with Gasteiger partial charge in [-0.05, 0) is 12.1 Å². The van der Waals surface area contributed by atoms with Crippen molar-refractivity contribution in [3.63, 3.8) is 0 Å². The van der Waals surface area contributed by atoms with Crippen LogP contribution in [0.4, 0.5) is 0 Å². The SMILES string of the molecule is C=CCN(CCO)CC(=O)NCCSc1ccccc1. The third kappa shape index (κ3) is 7.33. The molecule has 2 N–H and O–H groups in total. The van der Waals surface area contributed by atoms with Gasteiger partial charge in [-0.25, -0.2) is 0 Å². The molecule has 0 bridgehead atoms. The molecule has 20 heavy (non-hydrogen) atoms. The van der Waals surface area contributed by atoms with E-state index in [9.17, 15) is 4.79 Å². The summed E-state index contributed by atoms with van der Waals surface area (Å²) in [6, 6.07) is 10.1. The molecule has 110 valence electrons. The second kappa shape index (κ2) is 10.5. The Morgan fingerprint density at radius 1 is 1.40 bits per heavy atom. The molecule has 1 rings (SSSR count). The number of carbonyl (C=O) groups excluding carboxylic acids is 1. The van der Waals surface area contributed by atoms with Gasteiger partial charge in [-0.1, -0.05) is 24.3 Å². The zero-order chi connectivity index (χ0) is 14.6. The van der Waals surface area contributed by atoms with Crippen molar-refractivity contribution in [2.24, 2.45) is 0 Å². The fourth-order valence-corrected chi connectivity index (χ4v) is 2.48. The number of aliphatic hydroxyl groups excluding tert-OH is 1. The summed E-state index contributed by atoms with van der Waals surface area (Å²) >= 11 is 1.72. The van der Waals surface area contributed by atoms with E-state index < -0.39 is 0 Å². The molecule has 0 atom stereocenters. The predicted octanol–water partition coefficient (Wildman–Crippen LogP) is 1.38. The summed E-state index contributed by atoms with van der Waals surface area (Å²) in [4.78, 5) is 14.8. The summed E-state index contributed by atoms with van der Waals surface area (Å²) in [7, 11) is 0. The lowest BCUT2D eigenvalue weighted by Gasteiger charge is -2.18. The Kier molecular flexibility index (Phi) is 8.78. The van der Waals surface area contributed by atoms with E-state index in [1.807, 2.05) is 23.1 Å². The van der Waals surface area contributed by atoms with Gasteiger partial charge in [-0.3, -0.25) is 9.69 Å². The lowest BCUT2D eigenvalue weighted by molar-refractivity contribution is -0.122. The third-order valence-electron chi connectivity index (χ3n) is 2.61. The standard InChI is InChI=1S/C15H22N2O2S/c1-2-9-17(10-11-18)13-15(19)16-8-12-20-14-6-4-3-5-7-14/h2-7,18H,1,8-13H2,(H,16,19). The number of hydrogen-bond donors (Lipinski definition) is 2. The minimum Gasteiger partial charge on any atom is -0.395 e. The Labute approximate surface area is 124 Å². The van der Waals surface area contributed by atoms with Crippen molar-refractivity contribution in [3.8, 4) is 0 Å². The maximum Gasteiger partial charge on any atom is 0.234 e. The molecule has 4 nitrogen and oxygen atoms in total. The van der Waals surface area contributed by atoms with Crippen LogP contribution in [0.25, 0.3) is 0 Å². The topological polar surface area (TPSA) is 52.6 Å². The smallest absolute Gasteiger partial charge is 0.234 e. The van der Waals surface area contributed by atoms with Crippen molar-refractivity contribution >= 4 is 17.7 Å². The Balaban J connectivity index is 2.17. The van der Waals surface area contributed by atoms with Crippen LogP contribution in [-0.4, -0.2) is 54.5 Å². The van der Waals surface area contributed by atoms with Crippen LogP contribution in [0.1, 0.15) is 0 Å². The molecule has 1 aromatic carbocycles. The van der Waals surface area contributed by atoms with E-state index in [0.29, 0.717) is 26.2 Å². The van der Waals surface area contributed by atoms with E-state index in [1.165, 1.54) is 4.90 Å². The largest absolute Gasteiger partial charge is 0.395 e. The maximum absolute atomic E-state index is 11.7. The van der Waals surface area contributed by atoms with Gasteiger partial charge in [0, 0.05) is 30.3 Å². The molecule has 0 unspecified atom stereocenters. The van der Waals surface area contributed by atoms with Gasteiger partial charge in [-0.2, -0.15) is 0 Å². The summed E-state index contributed by atoms with van der Waals surface area (Å²) in [5.41, 5.74) is 0. The number of benzene rings is 1. The first kappa shape index (κ1) is 16.8. The summed E-state index contributed by atoms with van der Waals surface area (Å²) in [5.74, 6) is 0.825. The number of nitrogens with one attached hydrogen (secondary N) is 1.